The Bertz CT molecular complexity index is 806. The number of benzene rings is 1. The lowest BCUT2D eigenvalue weighted by Gasteiger charge is -2.11. The molecule has 0 radical (unpaired) electrons. The van der Waals surface area contributed by atoms with E-state index in [9.17, 15) is 0 Å². The van der Waals surface area contributed by atoms with Gasteiger partial charge in [0.05, 0.1) is 31.3 Å². The largest absolute Gasteiger partial charge is 0.493 e. The van der Waals surface area contributed by atoms with E-state index >= 15 is 0 Å². The van der Waals surface area contributed by atoms with Crippen LogP contribution in [0.15, 0.2) is 36.8 Å². The fourth-order valence-electron chi connectivity index (χ4n) is 2.00. The molecule has 0 aliphatic heterocycles. The minimum atomic E-state index is 0.400. The van der Waals surface area contributed by atoms with Crippen molar-refractivity contribution in [1.82, 2.24) is 15.0 Å². The van der Waals surface area contributed by atoms with Crippen molar-refractivity contribution in [2.45, 2.75) is 0 Å². The van der Waals surface area contributed by atoms with Crippen molar-refractivity contribution in [2.75, 3.05) is 20.0 Å². The fourth-order valence-corrected chi connectivity index (χ4v) is 2.00. The summed E-state index contributed by atoms with van der Waals surface area (Å²) in [5, 5.41) is 0.706. The molecule has 0 saturated carbocycles. The minimum Gasteiger partial charge on any atom is -0.493 e. The van der Waals surface area contributed by atoms with Crippen LogP contribution < -0.4 is 19.9 Å². The Balaban J connectivity index is 2.07. The summed E-state index contributed by atoms with van der Waals surface area (Å²) < 4.78 is 16.3. The van der Waals surface area contributed by atoms with Crippen LogP contribution in [0.2, 0.25) is 0 Å². The van der Waals surface area contributed by atoms with Crippen molar-refractivity contribution < 1.29 is 14.2 Å². The molecule has 22 heavy (non-hydrogen) atoms. The lowest BCUT2D eigenvalue weighted by Crippen LogP contribution is -1.96. The van der Waals surface area contributed by atoms with Gasteiger partial charge in [0.2, 0.25) is 5.88 Å². The maximum Gasteiger partial charge on any atom is 0.230 e. The SMILES string of the molecule is COc1cc2ncnc(Oc3ccc(N)nc3)c2cc1OC. The second-order valence-electron chi connectivity index (χ2n) is 4.42. The Kier molecular flexibility index (Phi) is 3.61. The first kappa shape index (κ1) is 13.9. The zero-order chi connectivity index (χ0) is 15.5. The van der Waals surface area contributed by atoms with Crippen molar-refractivity contribution >= 4 is 16.7 Å². The van der Waals surface area contributed by atoms with Crippen LogP contribution in [0, 0.1) is 0 Å². The van der Waals surface area contributed by atoms with Gasteiger partial charge in [-0.1, -0.05) is 0 Å². The van der Waals surface area contributed by atoms with Crippen LogP contribution >= 0.6 is 0 Å². The highest BCUT2D eigenvalue weighted by atomic mass is 16.5. The Morgan fingerprint density at radius 1 is 0.955 bits per heavy atom. The number of aromatic nitrogens is 3. The summed E-state index contributed by atoms with van der Waals surface area (Å²) in [6, 6.07) is 6.91. The molecule has 3 rings (SSSR count). The zero-order valence-electron chi connectivity index (χ0n) is 12.1. The molecular formula is C15H14N4O3. The Morgan fingerprint density at radius 2 is 1.73 bits per heavy atom. The molecule has 0 aliphatic rings. The number of pyridine rings is 1. The van der Waals surface area contributed by atoms with Gasteiger partial charge in [0, 0.05) is 6.07 Å². The number of hydrogen-bond donors (Lipinski definition) is 1. The van der Waals surface area contributed by atoms with E-state index in [2.05, 4.69) is 15.0 Å². The van der Waals surface area contributed by atoms with E-state index in [0.717, 1.165) is 0 Å². The number of ether oxygens (including phenoxy) is 3. The van der Waals surface area contributed by atoms with Gasteiger partial charge < -0.3 is 19.9 Å². The molecule has 112 valence electrons. The first-order valence-electron chi connectivity index (χ1n) is 6.47. The maximum atomic E-state index is 5.75. The number of rotatable bonds is 4. The van der Waals surface area contributed by atoms with Gasteiger partial charge in [-0.15, -0.1) is 0 Å². The van der Waals surface area contributed by atoms with E-state index in [1.165, 1.54) is 12.5 Å². The molecule has 7 heteroatoms. The monoisotopic (exact) mass is 298 g/mol. The van der Waals surface area contributed by atoms with Crippen molar-refractivity contribution in [1.29, 1.82) is 0 Å². The molecule has 2 heterocycles. The first-order chi connectivity index (χ1) is 10.7. The quantitative estimate of drug-likeness (QED) is 0.790. The highest BCUT2D eigenvalue weighted by molar-refractivity contribution is 5.86. The summed E-state index contributed by atoms with van der Waals surface area (Å²) in [6.07, 6.45) is 2.96. The number of nitrogen functional groups attached to an aromatic ring is 1. The minimum absolute atomic E-state index is 0.400. The molecule has 0 atom stereocenters. The third kappa shape index (κ3) is 2.56. The summed E-state index contributed by atoms with van der Waals surface area (Å²) in [5.74, 6) is 2.52. The van der Waals surface area contributed by atoms with Crippen LogP contribution in [0.25, 0.3) is 10.9 Å². The zero-order valence-corrected chi connectivity index (χ0v) is 12.1. The Hall–Kier alpha value is -3.09. The molecule has 0 amide bonds. The summed E-state index contributed by atoms with van der Waals surface area (Å²) in [6.45, 7) is 0. The van der Waals surface area contributed by atoms with Crippen LogP contribution in [0.5, 0.6) is 23.1 Å². The average Bonchev–Trinajstić information content (AvgIpc) is 2.56. The third-order valence-corrected chi connectivity index (χ3v) is 3.08. The number of anilines is 1. The third-order valence-electron chi connectivity index (χ3n) is 3.08. The summed E-state index contributed by atoms with van der Waals surface area (Å²) >= 11 is 0. The number of nitrogens with two attached hydrogens (primary N) is 1. The van der Waals surface area contributed by atoms with Gasteiger partial charge in [0.15, 0.2) is 11.5 Å². The molecule has 0 aliphatic carbocycles. The maximum absolute atomic E-state index is 5.75. The lowest BCUT2D eigenvalue weighted by molar-refractivity contribution is 0.355. The van der Waals surface area contributed by atoms with E-state index in [1.807, 2.05) is 0 Å². The molecule has 0 spiro atoms. The highest BCUT2D eigenvalue weighted by Gasteiger charge is 2.12. The fraction of sp³-hybridized carbons (Fsp3) is 0.133. The number of methoxy groups -OCH3 is 2. The lowest BCUT2D eigenvalue weighted by atomic mass is 10.2. The molecule has 0 fully saturated rings. The summed E-state index contributed by atoms with van der Waals surface area (Å²) in [4.78, 5) is 12.4. The van der Waals surface area contributed by atoms with Crippen molar-refractivity contribution in [3.63, 3.8) is 0 Å². The van der Waals surface area contributed by atoms with E-state index in [-0.39, 0.29) is 0 Å². The smallest absolute Gasteiger partial charge is 0.230 e. The van der Waals surface area contributed by atoms with E-state index in [1.54, 1.807) is 38.5 Å². The molecule has 3 aromatic rings. The normalized spacial score (nSPS) is 10.5. The van der Waals surface area contributed by atoms with Gasteiger partial charge in [-0.25, -0.2) is 15.0 Å². The number of nitrogens with zero attached hydrogens (tertiary/aromatic N) is 3. The van der Waals surface area contributed by atoms with Crippen LogP contribution in [0.4, 0.5) is 5.82 Å². The molecule has 2 N–H and O–H groups in total. The topological polar surface area (TPSA) is 92.4 Å². The van der Waals surface area contributed by atoms with Crippen LogP contribution in [-0.2, 0) is 0 Å². The van der Waals surface area contributed by atoms with Gasteiger partial charge in [0.1, 0.15) is 17.9 Å². The van der Waals surface area contributed by atoms with Gasteiger partial charge in [0.25, 0.3) is 0 Å². The molecule has 0 bridgehead atoms. The molecule has 0 saturated heterocycles. The number of fused-ring (bicyclic) bond motifs is 1. The molecular weight excluding hydrogens is 284 g/mol. The van der Waals surface area contributed by atoms with Crippen LogP contribution in [-0.4, -0.2) is 29.2 Å². The second-order valence-corrected chi connectivity index (χ2v) is 4.42. The van der Waals surface area contributed by atoms with Crippen LogP contribution in [0.1, 0.15) is 0 Å². The summed E-state index contributed by atoms with van der Waals surface area (Å²) in [7, 11) is 3.14. The molecule has 7 nitrogen and oxygen atoms in total. The van der Waals surface area contributed by atoms with Gasteiger partial charge in [-0.05, 0) is 18.2 Å². The second kappa shape index (κ2) is 5.72. The van der Waals surface area contributed by atoms with E-state index < -0.39 is 0 Å². The molecule has 2 aromatic heterocycles. The van der Waals surface area contributed by atoms with Crippen molar-refractivity contribution in [3.8, 4) is 23.1 Å². The first-order valence-corrected chi connectivity index (χ1v) is 6.47. The number of hydrogen-bond acceptors (Lipinski definition) is 7. The standard InChI is InChI=1S/C15H14N4O3/c1-20-12-5-10-11(6-13(12)21-2)18-8-19-15(10)22-9-3-4-14(16)17-7-9/h3-8H,1-2H3,(H2,16,17). The highest BCUT2D eigenvalue weighted by Crippen LogP contribution is 2.35. The molecule has 1 aromatic carbocycles. The van der Waals surface area contributed by atoms with E-state index in [4.69, 9.17) is 19.9 Å². The van der Waals surface area contributed by atoms with Crippen molar-refractivity contribution in [3.05, 3.63) is 36.8 Å². The van der Waals surface area contributed by atoms with Crippen molar-refractivity contribution in [2.24, 2.45) is 0 Å². The van der Waals surface area contributed by atoms with Gasteiger partial charge in [-0.3, -0.25) is 0 Å². The van der Waals surface area contributed by atoms with E-state index in [0.29, 0.717) is 39.8 Å². The van der Waals surface area contributed by atoms with Gasteiger partial charge >= 0.3 is 0 Å². The average molecular weight is 298 g/mol. The Labute approximate surface area is 126 Å². The molecule has 0 unspecified atom stereocenters. The predicted molar refractivity (Wildman–Crippen MR) is 81.4 cm³/mol. The van der Waals surface area contributed by atoms with Crippen LogP contribution in [0.3, 0.4) is 0 Å². The summed E-state index contributed by atoms with van der Waals surface area (Å²) in [5.41, 5.74) is 6.24. The Morgan fingerprint density at radius 3 is 2.41 bits per heavy atom. The predicted octanol–water partition coefficient (Wildman–Crippen LogP) is 2.42. The van der Waals surface area contributed by atoms with Gasteiger partial charge in [-0.2, -0.15) is 0 Å².